The van der Waals surface area contributed by atoms with E-state index in [0.717, 1.165) is 5.56 Å². The average Bonchev–Trinajstić information content (AvgIpc) is 2.81. The fourth-order valence-corrected chi connectivity index (χ4v) is 2.71. The number of carbonyl (C=O) groups is 1. The molecule has 32 heavy (non-hydrogen) atoms. The second-order valence-corrected chi connectivity index (χ2v) is 6.31. The fraction of sp³-hybridized carbons (Fsp3) is 0.182. The van der Waals surface area contributed by atoms with Crippen molar-refractivity contribution in [2.75, 3.05) is 32.4 Å². The van der Waals surface area contributed by atoms with E-state index in [2.05, 4.69) is 25.0 Å². The Morgan fingerprint density at radius 3 is 2.53 bits per heavy atom. The van der Waals surface area contributed by atoms with E-state index in [-0.39, 0.29) is 18.5 Å². The lowest BCUT2D eigenvalue weighted by Gasteiger charge is -2.12. The largest absolute Gasteiger partial charge is 0.495 e. The van der Waals surface area contributed by atoms with Gasteiger partial charge in [-0.1, -0.05) is 18.2 Å². The summed E-state index contributed by atoms with van der Waals surface area (Å²) in [7, 11) is 4.41. The Bertz CT molecular complexity index is 1120. The molecule has 0 spiro atoms. The van der Waals surface area contributed by atoms with Gasteiger partial charge in [0.15, 0.2) is 17.3 Å². The number of rotatable bonds is 9. The van der Waals surface area contributed by atoms with Crippen LogP contribution in [0.15, 0.2) is 48.5 Å². The van der Waals surface area contributed by atoms with Gasteiger partial charge in [-0.15, -0.1) is 0 Å². The van der Waals surface area contributed by atoms with Gasteiger partial charge in [0.1, 0.15) is 12.4 Å². The summed E-state index contributed by atoms with van der Waals surface area (Å²) in [6, 6.07) is 12.6. The van der Waals surface area contributed by atoms with Gasteiger partial charge >= 0.3 is 5.97 Å². The molecule has 0 atom stereocenters. The molecule has 1 heterocycles. The lowest BCUT2D eigenvalue weighted by atomic mass is 10.2. The van der Waals surface area contributed by atoms with Gasteiger partial charge in [0.05, 0.1) is 27.0 Å². The molecule has 0 bridgehead atoms. The highest BCUT2D eigenvalue weighted by molar-refractivity contribution is 5.87. The van der Waals surface area contributed by atoms with Gasteiger partial charge in [0.2, 0.25) is 11.9 Å². The van der Waals surface area contributed by atoms with Crippen molar-refractivity contribution >= 4 is 29.6 Å². The van der Waals surface area contributed by atoms with Crippen LogP contribution in [0.4, 0.5) is 17.6 Å². The van der Waals surface area contributed by atoms with Crippen LogP contribution in [-0.4, -0.2) is 42.3 Å². The summed E-state index contributed by atoms with van der Waals surface area (Å²) in [4.78, 5) is 23.8. The first-order valence-corrected chi connectivity index (χ1v) is 9.49. The number of nitrogens with one attached hydrogen (secondary N) is 1. The van der Waals surface area contributed by atoms with Crippen LogP contribution >= 0.6 is 0 Å². The van der Waals surface area contributed by atoms with Crippen molar-refractivity contribution in [2.45, 2.75) is 6.61 Å². The van der Waals surface area contributed by atoms with Crippen LogP contribution in [0.3, 0.4) is 0 Å². The summed E-state index contributed by atoms with van der Waals surface area (Å²) in [5.74, 6) is 1.77. The minimum Gasteiger partial charge on any atom is -0.495 e. The van der Waals surface area contributed by atoms with Crippen molar-refractivity contribution < 1.29 is 23.7 Å². The molecule has 0 aliphatic rings. The summed E-state index contributed by atoms with van der Waals surface area (Å²) >= 11 is 0. The van der Waals surface area contributed by atoms with E-state index in [1.54, 1.807) is 31.4 Å². The number of benzene rings is 2. The van der Waals surface area contributed by atoms with Gasteiger partial charge < -0.3 is 30.0 Å². The highest BCUT2D eigenvalue weighted by Gasteiger charge is 2.11. The SMILES string of the molecule is COC(=O)/C=C/c1ccc(OCc2nc(N)nc(Nc3ccccc3OC)n2)c(OC)c1. The van der Waals surface area contributed by atoms with Gasteiger partial charge in [0, 0.05) is 6.08 Å². The Balaban J connectivity index is 1.74. The predicted molar refractivity (Wildman–Crippen MR) is 119 cm³/mol. The van der Waals surface area contributed by atoms with Gasteiger partial charge in [-0.3, -0.25) is 0 Å². The number of nitrogen functional groups attached to an aromatic ring is 1. The van der Waals surface area contributed by atoms with Crippen LogP contribution in [-0.2, 0) is 16.1 Å². The van der Waals surface area contributed by atoms with Gasteiger partial charge in [-0.05, 0) is 35.9 Å². The van der Waals surface area contributed by atoms with Crippen LogP contribution in [0.2, 0.25) is 0 Å². The zero-order valence-corrected chi connectivity index (χ0v) is 17.9. The third-order valence-corrected chi connectivity index (χ3v) is 4.21. The average molecular weight is 437 g/mol. The predicted octanol–water partition coefficient (Wildman–Crippen LogP) is 2.98. The molecule has 0 fully saturated rings. The highest BCUT2D eigenvalue weighted by Crippen LogP contribution is 2.29. The molecule has 166 valence electrons. The molecule has 10 heteroatoms. The standard InChI is InChI=1S/C22H23N5O5/c1-29-16-7-5-4-6-15(16)24-22-26-19(25-21(23)27-22)13-32-17-10-8-14(12-18(17)30-2)9-11-20(28)31-3/h4-12H,13H2,1-3H3,(H3,23,24,25,26,27)/b11-9+. The number of methoxy groups -OCH3 is 3. The van der Waals surface area contributed by atoms with E-state index < -0.39 is 5.97 Å². The minimum absolute atomic E-state index is 0.0288. The molecular formula is C22H23N5O5. The van der Waals surface area contributed by atoms with Crippen LogP contribution in [0, 0.1) is 0 Å². The maximum Gasteiger partial charge on any atom is 0.330 e. The maximum absolute atomic E-state index is 11.3. The zero-order valence-electron chi connectivity index (χ0n) is 17.9. The lowest BCUT2D eigenvalue weighted by molar-refractivity contribution is -0.134. The molecule has 0 unspecified atom stereocenters. The van der Waals surface area contributed by atoms with Gasteiger partial charge in [-0.2, -0.15) is 15.0 Å². The Morgan fingerprint density at radius 2 is 1.78 bits per heavy atom. The fourth-order valence-electron chi connectivity index (χ4n) is 2.71. The molecule has 1 aromatic heterocycles. The maximum atomic E-state index is 11.3. The number of nitrogens with zero attached hydrogens (tertiary/aromatic N) is 3. The summed E-state index contributed by atoms with van der Waals surface area (Å²) < 4.78 is 21.1. The highest BCUT2D eigenvalue weighted by atomic mass is 16.5. The molecule has 0 saturated carbocycles. The summed E-state index contributed by atoms with van der Waals surface area (Å²) in [5.41, 5.74) is 7.27. The topological polar surface area (TPSA) is 131 Å². The number of aromatic nitrogens is 3. The first-order chi connectivity index (χ1) is 15.5. The number of nitrogens with two attached hydrogens (primary N) is 1. The van der Waals surface area contributed by atoms with E-state index in [0.29, 0.717) is 28.8 Å². The number of ether oxygens (including phenoxy) is 4. The first-order valence-electron chi connectivity index (χ1n) is 9.49. The van der Waals surface area contributed by atoms with Crippen LogP contribution in [0.1, 0.15) is 11.4 Å². The van der Waals surface area contributed by atoms with Crippen LogP contribution < -0.4 is 25.3 Å². The number of hydrogen-bond acceptors (Lipinski definition) is 10. The van der Waals surface area contributed by atoms with E-state index >= 15 is 0 Å². The Hall–Kier alpha value is -4.34. The smallest absolute Gasteiger partial charge is 0.330 e. The third kappa shape index (κ3) is 5.85. The summed E-state index contributed by atoms with van der Waals surface area (Å²) in [6.07, 6.45) is 2.93. The van der Waals surface area contributed by atoms with Crippen molar-refractivity contribution in [3.8, 4) is 17.2 Å². The molecule has 3 aromatic rings. The lowest BCUT2D eigenvalue weighted by Crippen LogP contribution is -2.10. The Morgan fingerprint density at radius 1 is 1.00 bits per heavy atom. The van der Waals surface area contributed by atoms with Crippen LogP contribution in [0.5, 0.6) is 17.2 Å². The van der Waals surface area contributed by atoms with Crippen molar-refractivity contribution in [3.05, 3.63) is 59.9 Å². The van der Waals surface area contributed by atoms with Crippen molar-refractivity contribution in [2.24, 2.45) is 0 Å². The first kappa shape index (κ1) is 22.3. The molecule has 0 aliphatic carbocycles. The molecule has 2 aromatic carbocycles. The number of hydrogen-bond donors (Lipinski definition) is 2. The minimum atomic E-state index is -0.450. The number of para-hydroxylation sites is 2. The quantitative estimate of drug-likeness (QED) is 0.380. The second kappa shape index (κ2) is 10.6. The molecule has 0 amide bonds. The van der Waals surface area contributed by atoms with E-state index in [9.17, 15) is 4.79 Å². The third-order valence-electron chi connectivity index (χ3n) is 4.21. The van der Waals surface area contributed by atoms with Crippen molar-refractivity contribution in [1.82, 2.24) is 15.0 Å². The second-order valence-electron chi connectivity index (χ2n) is 6.31. The Labute approximate surface area is 185 Å². The van der Waals surface area contributed by atoms with E-state index in [4.69, 9.17) is 19.9 Å². The number of anilines is 3. The van der Waals surface area contributed by atoms with Gasteiger partial charge in [-0.25, -0.2) is 4.79 Å². The monoisotopic (exact) mass is 437 g/mol. The number of carbonyl (C=O) groups excluding carboxylic acids is 1. The van der Waals surface area contributed by atoms with Crippen molar-refractivity contribution in [1.29, 1.82) is 0 Å². The van der Waals surface area contributed by atoms with E-state index in [1.165, 1.54) is 20.3 Å². The normalized spacial score (nSPS) is 10.6. The van der Waals surface area contributed by atoms with Crippen LogP contribution in [0.25, 0.3) is 6.08 Å². The zero-order chi connectivity index (χ0) is 22.9. The molecule has 3 rings (SSSR count). The van der Waals surface area contributed by atoms with Crippen molar-refractivity contribution in [3.63, 3.8) is 0 Å². The summed E-state index contributed by atoms with van der Waals surface area (Å²) in [6.45, 7) is 0.0288. The summed E-state index contributed by atoms with van der Waals surface area (Å²) in [5, 5.41) is 3.07. The molecular weight excluding hydrogens is 414 g/mol. The molecule has 0 saturated heterocycles. The number of esters is 1. The molecule has 10 nitrogen and oxygen atoms in total. The Kier molecular flexibility index (Phi) is 7.42. The molecule has 0 aliphatic heterocycles. The molecule has 3 N–H and O–H groups in total. The van der Waals surface area contributed by atoms with Gasteiger partial charge in [0.25, 0.3) is 0 Å². The molecule has 0 radical (unpaired) electrons. The van der Waals surface area contributed by atoms with E-state index in [1.807, 2.05) is 24.3 Å².